The van der Waals surface area contributed by atoms with Gasteiger partial charge in [-0.25, -0.2) is 8.42 Å². The Morgan fingerprint density at radius 2 is 1.29 bits per heavy atom. The van der Waals surface area contributed by atoms with Crippen LogP contribution in [-0.2, 0) is 20.4 Å². The fourth-order valence-electron chi connectivity index (χ4n) is 1.84. The van der Waals surface area contributed by atoms with Crippen LogP contribution >= 0.6 is 0 Å². The minimum Gasteiger partial charge on any atom is -0.325 e. The standard InChI is InChI=1S/C8H20N.C4H5F4NO4S2/c1-5-9(6-2,7-3)8-4;5-4(6,7)2-1-3-14(10,11)9-15(8,12)13/h5-8H2,1-4H3;1-2,9H,3H2/q+1;. The van der Waals surface area contributed by atoms with Gasteiger partial charge < -0.3 is 4.48 Å². The van der Waals surface area contributed by atoms with Gasteiger partial charge in [-0.2, -0.15) is 21.6 Å². The molecule has 0 saturated carbocycles. The predicted octanol–water partition coefficient (Wildman–Crippen LogP) is 2.12. The number of halogens is 4. The molecule has 0 amide bonds. The van der Waals surface area contributed by atoms with Crippen molar-refractivity contribution in [1.29, 1.82) is 0 Å². The first-order valence-electron chi connectivity index (χ1n) is 7.21. The Labute approximate surface area is 141 Å². The van der Waals surface area contributed by atoms with Crippen LogP contribution in [0.2, 0.25) is 0 Å². The van der Waals surface area contributed by atoms with E-state index in [1.54, 1.807) is 0 Å². The molecular formula is C12H25F4N2O4S2+. The van der Waals surface area contributed by atoms with Crippen LogP contribution in [-0.4, -0.2) is 59.4 Å². The molecule has 0 radical (unpaired) electrons. The van der Waals surface area contributed by atoms with Crippen LogP contribution in [0.15, 0.2) is 12.2 Å². The molecule has 0 atom stereocenters. The molecule has 1 N–H and O–H groups in total. The van der Waals surface area contributed by atoms with Crippen molar-refractivity contribution in [2.45, 2.75) is 33.9 Å². The van der Waals surface area contributed by atoms with E-state index in [9.17, 15) is 33.9 Å². The van der Waals surface area contributed by atoms with Gasteiger partial charge in [0.05, 0.1) is 31.9 Å². The van der Waals surface area contributed by atoms with Crippen LogP contribution in [0, 0.1) is 0 Å². The number of hydrogen-bond acceptors (Lipinski definition) is 4. The second-order valence-electron chi connectivity index (χ2n) is 4.85. The third-order valence-corrected chi connectivity index (χ3v) is 5.98. The summed E-state index contributed by atoms with van der Waals surface area (Å²) in [5.41, 5.74) is 0. The highest BCUT2D eigenvalue weighted by Gasteiger charge is 2.23. The molecule has 0 fully saturated rings. The first-order chi connectivity index (χ1) is 10.7. The van der Waals surface area contributed by atoms with Crippen LogP contribution in [0.25, 0.3) is 0 Å². The van der Waals surface area contributed by atoms with E-state index in [0.29, 0.717) is 4.13 Å². The third kappa shape index (κ3) is 13.7. The van der Waals surface area contributed by atoms with Crippen molar-refractivity contribution >= 4 is 20.4 Å². The maximum Gasteiger partial charge on any atom is 0.409 e. The molecular weight excluding hydrogens is 376 g/mol. The summed E-state index contributed by atoms with van der Waals surface area (Å²) in [7, 11) is -10.2. The van der Waals surface area contributed by atoms with E-state index in [1.165, 1.54) is 30.7 Å². The van der Waals surface area contributed by atoms with Gasteiger partial charge in [0.1, 0.15) is 0 Å². The molecule has 0 unspecified atom stereocenters. The van der Waals surface area contributed by atoms with Crippen LogP contribution in [0.1, 0.15) is 27.7 Å². The topological polar surface area (TPSA) is 80.3 Å². The molecule has 0 spiro atoms. The lowest BCUT2D eigenvalue weighted by atomic mass is 10.3. The highest BCUT2D eigenvalue weighted by molar-refractivity contribution is 8.02. The maximum absolute atomic E-state index is 11.8. The molecule has 0 aromatic carbocycles. The minimum absolute atomic E-state index is 0.146. The van der Waals surface area contributed by atoms with Crippen molar-refractivity contribution in [3.63, 3.8) is 0 Å². The second kappa shape index (κ2) is 10.3. The fraction of sp³-hybridized carbons (Fsp3) is 0.833. The van der Waals surface area contributed by atoms with E-state index in [0.717, 1.165) is 0 Å². The van der Waals surface area contributed by atoms with Crippen molar-refractivity contribution in [2.24, 2.45) is 0 Å². The first kappa shape index (κ1) is 25.5. The Balaban J connectivity index is 0. The van der Waals surface area contributed by atoms with Gasteiger partial charge >= 0.3 is 16.6 Å². The number of rotatable bonds is 8. The fourth-order valence-corrected chi connectivity index (χ4v) is 3.67. The highest BCUT2D eigenvalue weighted by Crippen LogP contribution is 2.15. The summed E-state index contributed by atoms with van der Waals surface area (Å²) in [6.07, 6.45) is -4.98. The Bertz CT molecular complexity index is 565. The molecule has 0 aliphatic heterocycles. The maximum atomic E-state index is 11.8. The van der Waals surface area contributed by atoms with Gasteiger partial charge in [0.15, 0.2) is 0 Å². The second-order valence-corrected chi connectivity index (χ2v) is 7.96. The predicted molar refractivity (Wildman–Crippen MR) is 84.6 cm³/mol. The van der Waals surface area contributed by atoms with Crippen molar-refractivity contribution in [1.82, 2.24) is 4.13 Å². The van der Waals surface area contributed by atoms with E-state index < -0.39 is 38.4 Å². The zero-order valence-electron chi connectivity index (χ0n) is 14.1. The number of hydrogen-bond donors (Lipinski definition) is 1. The molecule has 0 aliphatic carbocycles. The SMILES string of the molecule is CC[N+](CC)(CC)CC.O=S(=O)(F)NS(=O)(=O)CC=CC(F)(F)F. The molecule has 6 nitrogen and oxygen atoms in total. The summed E-state index contributed by atoms with van der Waals surface area (Å²) in [4.78, 5) is 0. The Morgan fingerprint density at radius 3 is 1.50 bits per heavy atom. The molecule has 146 valence electrons. The molecule has 0 aromatic rings. The van der Waals surface area contributed by atoms with Gasteiger partial charge in [0.25, 0.3) is 0 Å². The zero-order chi connectivity index (χ0) is 19.7. The molecule has 0 rings (SSSR count). The Hall–Kier alpha value is -0.720. The van der Waals surface area contributed by atoms with Gasteiger partial charge in [-0.3, -0.25) is 0 Å². The van der Waals surface area contributed by atoms with Crippen molar-refractivity contribution in [3.05, 3.63) is 12.2 Å². The monoisotopic (exact) mass is 401 g/mol. The van der Waals surface area contributed by atoms with Crippen LogP contribution in [0.3, 0.4) is 0 Å². The summed E-state index contributed by atoms with van der Waals surface area (Å²) in [6, 6.07) is 0. The van der Waals surface area contributed by atoms with E-state index >= 15 is 0 Å². The average molecular weight is 401 g/mol. The summed E-state index contributed by atoms with van der Waals surface area (Å²) >= 11 is 0. The Kier molecular flexibility index (Phi) is 11.0. The van der Waals surface area contributed by atoms with Crippen molar-refractivity contribution in [2.75, 3.05) is 31.9 Å². The number of alkyl halides is 3. The van der Waals surface area contributed by atoms with Gasteiger partial charge in [-0.05, 0) is 27.7 Å². The molecule has 0 aromatic heterocycles. The molecule has 0 bridgehead atoms. The largest absolute Gasteiger partial charge is 0.409 e. The quantitative estimate of drug-likeness (QED) is 0.292. The summed E-state index contributed by atoms with van der Waals surface area (Å²) in [6.45, 7) is 14.2. The summed E-state index contributed by atoms with van der Waals surface area (Å²) in [5, 5.41) is 0. The average Bonchev–Trinajstić information content (AvgIpc) is 2.38. The van der Waals surface area contributed by atoms with Gasteiger partial charge in [0, 0.05) is 6.08 Å². The third-order valence-electron chi connectivity index (χ3n) is 3.53. The van der Waals surface area contributed by atoms with Gasteiger partial charge in [-0.15, -0.1) is 0 Å². The van der Waals surface area contributed by atoms with E-state index in [1.807, 2.05) is 0 Å². The number of nitrogens with one attached hydrogen (secondary N) is 1. The van der Waals surface area contributed by atoms with E-state index in [2.05, 4.69) is 27.7 Å². The van der Waals surface area contributed by atoms with Crippen LogP contribution in [0.4, 0.5) is 17.1 Å². The lowest BCUT2D eigenvalue weighted by Crippen LogP contribution is -2.47. The summed E-state index contributed by atoms with van der Waals surface area (Å²) in [5.74, 6) is -1.30. The molecule has 24 heavy (non-hydrogen) atoms. The number of allylic oxidation sites excluding steroid dienone is 1. The number of sulfonamides is 1. The van der Waals surface area contributed by atoms with Crippen LogP contribution in [0.5, 0.6) is 0 Å². The minimum atomic E-state index is -5.50. The lowest BCUT2D eigenvalue weighted by Gasteiger charge is -2.34. The number of quaternary nitrogens is 1. The van der Waals surface area contributed by atoms with E-state index in [4.69, 9.17) is 0 Å². The lowest BCUT2D eigenvalue weighted by molar-refractivity contribution is -0.921. The van der Waals surface area contributed by atoms with Crippen molar-refractivity contribution in [3.8, 4) is 0 Å². The number of nitrogens with zero attached hydrogens (tertiary/aromatic N) is 1. The van der Waals surface area contributed by atoms with Crippen molar-refractivity contribution < 1.29 is 38.4 Å². The van der Waals surface area contributed by atoms with E-state index in [-0.39, 0.29) is 6.08 Å². The van der Waals surface area contributed by atoms with Gasteiger partial charge in [-0.1, -0.05) is 14.1 Å². The van der Waals surface area contributed by atoms with Crippen LogP contribution < -0.4 is 4.13 Å². The molecule has 0 heterocycles. The smallest absolute Gasteiger partial charge is 0.325 e. The molecule has 12 heteroatoms. The molecule has 0 aliphatic rings. The zero-order valence-corrected chi connectivity index (χ0v) is 15.7. The normalized spacial score (nSPS) is 13.7. The Morgan fingerprint density at radius 1 is 0.917 bits per heavy atom. The van der Waals surface area contributed by atoms with Gasteiger partial charge in [0.2, 0.25) is 10.0 Å². The summed E-state index contributed by atoms with van der Waals surface area (Å²) < 4.78 is 88.8. The first-order valence-corrected chi connectivity index (χ1v) is 10.2. The highest BCUT2D eigenvalue weighted by atomic mass is 32.3. The molecule has 0 saturated heterocycles.